The lowest BCUT2D eigenvalue weighted by Gasteiger charge is -2.25. The van der Waals surface area contributed by atoms with Crippen LogP contribution in [0.1, 0.15) is 54.1 Å². The standard InChI is InChI=1S/C24H27NO3/c1-5-13-25-21(18-11-9-17(6-2)10-12-18)20(23(27)24(25)28)22(26)19-14-15(3)7-8-16(19)4/h7-12,14,21,26H,5-6,13H2,1-4H3/b22-20+. The highest BCUT2D eigenvalue weighted by Crippen LogP contribution is 2.40. The lowest BCUT2D eigenvalue weighted by molar-refractivity contribution is -0.139. The second-order valence-corrected chi connectivity index (χ2v) is 7.41. The number of carbonyl (C=O) groups excluding carboxylic acids is 2. The Balaban J connectivity index is 2.21. The molecule has 4 heteroatoms. The molecule has 3 rings (SSSR count). The second kappa shape index (κ2) is 8.01. The maximum absolute atomic E-state index is 12.9. The molecular formula is C24H27NO3. The summed E-state index contributed by atoms with van der Waals surface area (Å²) >= 11 is 0. The predicted molar refractivity (Wildman–Crippen MR) is 111 cm³/mol. The van der Waals surface area contributed by atoms with E-state index >= 15 is 0 Å². The van der Waals surface area contributed by atoms with Gasteiger partial charge in [-0.15, -0.1) is 0 Å². The average molecular weight is 377 g/mol. The fourth-order valence-electron chi connectivity index (χ4n) is 3.77. The topological polar surface area (TPSA) is 57.6 Å². The summed E-state index contributed by atoms with van der Waals surface area (Å²) in [5.41, 5.74) is 4.66. The van der Waals surface area contributed by atoms with Crippen molar-refractivity contribution >= 4 is 17.4 Å². The lowest BCUT2D eigenvalue weighted by atomic mass is 9.92. The van der Waals surface area contributed by atoms with Gasteiger partial charge in [0.1, 0.15) is 5.76 Å². The Labute approximate surface area is 166 Å². The van der Waals surface area contributed by atoms with Gasteiger partial charge in [-0.05, 0) is 49.4 Å². The third-order valence-electron chi connectivity index (χ3n) is 5.36. The van der Waals surface area contributed by atoms with Gasteiger partial charge in [0.05, 0.1) is 11.6 Å². The second-order valence-electron chi connectivity index (χ2n) is 7.41. The molecule has 1 heterocycles. The number of aliphatic hydroxyl groups excluding tert-OH is 1. The van der Waals surface area contributed by atoms with Gasteiger partial charge in [-0.25, -0.2) is 0 Å². The Morgan fingerprint density at radius 2 is 1.71 bits per heavy atom. The molecule has 1 unspecified atom stereocenters. The van der Waals surface area contributed by atoms with Gasteiger partial charge in [0.15, 0.2) is 0 Å². The van der Waals surface area contributed by atoms with Crippen LogP contribution in [0.4, 0.5) is 0 Å². The zero-order valence-electron chi connectivity index (χ0n) is 17.0. The molecule has 0 bridgehead atoms. The molecule has 0 saturated carbocycles. The minimum absolute atomic E-state index is 0.0947. The number of aryl methyl sites for hydroxylation is 3. The number of amides is 1. The monoisotopic (exact) mass is 377 g/mol. The van der Waals surface area contributed by atoms with Crippen molar-refractivity contribution in [1.29, 1.82) is 0 Å². The van der Waals surface area contributed by atoms with Crippen molar-refractivity contribution < 1.29 is 14.7 Å². The van der Waals surface area contributed by atoms with Crippen LogP contribution in [0.25, 0.3) is 5.76 Å². The van der Waals surface area contributed by atoms with E-state index in [9.17, 15) is 14.7 Å². The minimum atomic E-state index is -0.614. The van der Waals surface area contributed by atoms with Gasteiger partial charge in [0, 0.05) is 12.1 Å². The molecule has 4 nitrogen and oxygen atoms in total. The van der Waals surface area contributed by atoms with Gasteiger partial charge in [0.25, 0.3) is 11.7 Å². The number of rotatable bonds is 5. The molecule has 2 aromatic carbocycles. The first-order valence-corrected chi connectivity index (χ1v) is 9.83. The summed E-state index contributed by atoms with van der Waals surface area (Å²) in [6.07, 6.45) is 1.65. The number of carbonyl (C=O) groups is 2. The van der Waals surface area contributed by atoms with E-state index in [-0.39, 0.29) is 11.3 Å². The normalized spacial score (nSPS) is 18.7. The molecule has 2 aromatic rings. The third kappa shape index (κ3) is 3.47. The highest BCUT2D eigenvalue weighted by Gasteiger charge is 2.45. The number of Topliss-reactive ketones (excluding diaryl/α,β-unsaturated/α-hetero) is 1. The van der Waals surface area contributed by atoms with Gasteiger partial charge in [-0.2, -0.15) is 0 Å². The van der Waals surface area contributed by atoms with Crippen LogP contribution in [0.5, 0.6) is 0 Å². The van der Waals surface area contributed by atoms with Crippen LogP contribution in [0, 0.1) is 13.8 Å². The maximum atomic E-state index is 12.9. The Bertz CT molecular complexity index is 941. The Morgan fingerprint density at radius 3 is 2.32 bits per heavy atom. The first-order chi connectivity index (χ1) is 13.4. The molecule has 146 valence electrons. The van der Waals surface area contributed by atoms with Crippen LogP contribution < -0.4 is 0 Å². The van der Waals surface area contributed by atoms with Crippen molar-refractivity contribution in [2.24, 2.45) is 0 Å². The molecular weight excluding hydrogens is 350 g/mol. The molecule has 1 N–H and O–H groups in total. The molecule has 0 spiro atoms. The molecule has 0 radical (unpaired) electrons. The van der Waals surface area contributed by atoms with Crippen molar-refractivity contribution in [3.05, 3.63) is 75.9 Å². The summed E-state index contributed by atoms with van der Waals surface area (Å²) < 4.78 is 0. The molecule has 28 heavy (non-hydrogen) atoms. The van der Waals surface area contributed by atoms with E-state index in [0.29, 0.717) is 12.1 Å². The van der Waals surface area contributed by atoms with E-state index < -0.39 is 17.7 Å². The Morgan fingerprint density at radius 1 is 1.04 bits per heavy atom. The van der Waals surface area contributed by atoms with E-state index in [1.54, 1.807) is 4.90 Å². The summed E-state index contributed by atoms with van der Waals surface area (Å²) in [7, 11) is 0. The number of hydrogen-bond acceptors (Lipinski definition) is 3. The van der Waals surface area contributed by atoms with Gasteiger partial charge in [-0.3, -0.25) is 9.59 Å². The van der Waals surface area contributed by atoms with Gasteiger partial charge in [-0.1, -0.05) is 55.8 Å². The zero-order valence-corrected chi connectivity index (χ0v) is 17.0. The summed E-state index contributed by atoms with van der Waals surface area (Å²) in [5, 5.41) is 11.1. The fourth-order valence-corrected chi connectivity index (χ4v) is 3.77. The summed E-state index contributed by atoms with van der Waals surface area (Å²) in [6, 6.07) is 13.1. The number of aliphatic hydroxyl groups is 1. The number of nitrogens with zero attached hydrogens (tertiary/aromatic N) is 1. The SMILES string of the molecule is CCCN1C(=O)C(=O)/C(=C(/O)c2cc(C)ccc2C)C1c1ccc(CC)cc1. The lowest BCUT2D eigenvalue weighted by Crippen LogP contribution is -2.30. The van der Waals surface area contributed by atoms with Crippen molar-refractivity contribution in [2.75, 3.05) is 6.54 Å². The quantitative estimate of drug-likeness (QED) is 0.467. The Kier molecular flexibility index (Phi) is 5.68. The molecule has 1 fully saturated rings. The first-order valence-electron chi connectivity index (χ1n) is 9.83. The van der Waals surface area contributed by atoms with Crippen LogP contribution in [0.2, 0.25) is 0 Å². The van der Waals surface area contributed by atoms with E-state index in [1.807, 2.05) is 63.2 Å². The summed E-state index contributed by atoms with van der Waals surface area (Å²) in [4.78, 5) is 27.2. The fraction of sp³-hybridized carbons (Fsp3) is 0.333. The smallest absolute Gasteiger partial charge is 0.295 e. The number of benzene rings is 2. The molecule has 0 aromatic heterocycles. The highest BCUT2D eigenvalue weighted by atomic mass is 16.3. The van der Waals surface area contributed by atoms with Gasteiger partial charge in [0.2, 0.25) is 0 Å². The van der Waals surface area contributed by atoms with E-state index in [0.717, 1.165) is 29.5 Å². The zero-order chi connectivity index (χ0) is 20.4. The van der Waals surface area contributed by atoms with Crippen molar-refractivity contribution in [3.63, 3.8) is 0 Å². The van der Waals surface area contributed by atoms with Crippen molar-refractivity contribution in [3.8, 4) is 0 Å². The molecule has 1 atom stereocenters. The summed E-state index contributed by atoms with van der Waals surface area (Å²) in [5.74, 6) is -1.25. The molecule has 1 amide bonds. The molecule has 1 saturated heterocycles. The average Bonchev–Trinajstić information content (AvgIpc) is 2.94. The number of hydrogen-bond donors (Lipinski definition) is 1. The Hall–Kier alpha value is -2.88. The first kappa shape index (κ1) is 19.9. The van der Waals surface area contributed by atoms with E-state index in [1.165, 1.54) is 5.56 Å². The maximum Gasteiger partial charge on any atom is 0.295 e. The highest BCUT2D eigenvalue weighted by molar-refractivity contribution is 6.46. The third-order valence-corrected chi connectivity index (χ3v) is 5.36. The molecule has 1 aliphatic rings. The van der Waals surface area contributed by atoms with E-state index in [4.69, 9.17) is 0 Å². The number of likely N-dealkylation sites (tertiary alicyclic amines) is 1. The van der Waals surface area contributed by atoms with Crippen LogP contribution in [-0.4, -0.2) is 28.2 Å². The van der Waals surface area contributed by atoms with Crippen LogP contribution in [0.15, 0.2) is 48.0 Å². The van der Waals surface area contributed by atoms with E-state index in [2.05, 4.69) is 6.92 Å². The summed E-state index contributed by atoms with van der Waals surface area (Å²) in [6.45, 7) is 8.35. The van der Waals surface area contributed by atoms with Crippen molar-refractivity contribution in [2.45, 2.75) is 46.6 Å². The largest absolute Gasteiger partial charge is 0.507 e. The number of ketones is 1. The van der Waals surface area contributed by atoms with Crippen molar-refractivity contribution in [1.82, 2.24) is 4.90 Å². The molecule has 1 aliphatic heterocycles. The predicted octanol–water partition coefficient (Wildman–Crippen LogP) is 4.70. The van der Waals surface area contributed by atoms with Gasteiger partial charge < -0.3 is 10.0 Å². The van der Waals surface area contributed by atoms with Crippen LogP contribution in [0.3, 0.4) is 0 Å². The van der Waals surface area contributed by atoms with Gasteiger partial charge >= 0.3 is 0 Å². The molecule has 0 aliphatic carbocycles. The van der Waals surface area contributed by atoms with Crippen LogP contribution in [-0.2, 0) is 16.0 Å². The van der Waals surface area contributed by atoms with Crippen LogP contribution >= 0.6 is 0 Å². The minimum Gasteiger partial charge on any atom is -0.507 e.